The molecule has 0 bridgehead atoms. The summed E-state index contributed by atoms with van der Waals surface area (Å²) in [6.45, 7) is 2.52. The number of fused-ring (bicyclic) bond motifs is 1. The molecule has 2 aliphatic heterocycles. The van der Waals surface area contributed by atoms with Crippen LogP contribution in [-0.2, 0) is 9.53 Å². The number of ether oxygens (including phenoxy) is 1. The minimum absolute atomic E-state index is 0.00259. The van der Waals surface area contributed by atoms with Crippen LogP contribution in [0.5, 0.6) is 0 Å². The highest BCUT2D eigenvalue weighted by molar-refractivity contribution is 5.75. The second-order valence-electron chi connectivity index (χ2n) is 2.99. The molecule has 3 nitrogen and oxygen atoms in total. The minimum atomic E-state index is -0.00259. The first-order valence-corrected chi connectivity index (χ1v) is 3.75. The number of rotatable bonds is 0. The lowest BCUT2D eigenvalue weighted by Crippen LogP contribution is -2.37. The Morgan fingerprint density at radius 2 is 2.50 bits per heavy atom. The van der Waals surface area contributed by atoms with Gasteiger partial charge in [-0.1, -0.05) is 0 Å². The first-order chi connectivity index (χ1) is 4.88. The van der Waals surface area contributed by atoms with Gasteiger partial charge in [0.15, 0.2) is 0 Å². The molecule has 2 rings (SSSR count). The molecule has 2 saturated heterocycles. The van der Waals surface area contributed by atoms with Crippen LogP contribution in [0.25, 0.3) is 0 Å². The second kappa shape index (κ2) is 2.23. The predicted molar refractivity (Wildman–Crippen MR) is 35.4 cm³/mol. The molecule has 10 heavy (non-hydrogen) atoms. The van der Waals surface area contributed by atoms with Crippen molar-refractivity contribution in [3.8, 4) is 0 Å². The topological polar surface area (TPSA) is 38.3 Å². The van der Waals surface area contributed by atoms with Gasteiger partial charge in [0.1, 0.15) is 0 Å². The van der Waals surface area contributed by atoms with E-state index in [9.17, 15) is 4.79 Å². The molecule has 56 valence electrons. The lowest BCUT2D eigenvalue weighted by Gasteiger charge is -2.21. The van der Waals surface area contributed by atoms with Gasteiger partial charge in [0.2, 0.25) is 0 Å². The van der Waals surface area contributed by atoms with E-state index in [1.54, 1.807) is 0 Å². The van der Waals surface area contributed by atoms with Crippen molar-refractivity contribution in [3.63, 3.8) is 0 Å². The van der Waals surface area contributed by atoms with Crippen molar-refractivity contribution in [1.82, 2.24) is 5.32 Å². The summed E-state index contributed by atoms with van der Waals surface area (Å²) in [5, 5.41) is 3.19. The van der Waals surface area contributed by atoms with E-state index < -0.39 is 0 Å². The number of hydrogen-bond donors (Lipinski definition) is 1. The molecule has 0 unspecified atom stereocenters. The molecule has 3 heteroatoms. The van der Waals surface area contributed by atoms with Gasteiger partial charge in [-0.05, 0) is 13.0 Å². The van der Waals surface area contributed by atoms with Crippen molar-refractivity contribution >= 4 is 5.97 Å². The average molecular weight is 141 g/mol. The van der Waals surface area contributed by atoms with E-state index in [-0.39, 0.29) is 11.9 Å². The van der Waals surface area contributed by atoms with Gasteiger partial charge >= 0.3 is 5.97 Å². The normalized spacial score (nSPS) is 39.0. The summed E-state index contributed by atoms with van der Waals surface area (Å²) < 4.78 is 4.92. The highest BCUT2D eigenvalue weighted by atomic mass is 16.5. The lowest BCUT2D eigenvalue weighted by atomic mass is 9.89. The van der Waals surface area contributed by atoms with E-state index in [4.69, 9.17) is 4.74 Å². The zero-order chi connectivity index (χ0) is 6.97. The molecule has 2 fully saturated rings. The molecule has 2 aliphatic rings. The van der Waals surface area contributed by atoms with Crippen molar-refractivity contribution in [2.45, 2.75) is 6.42 Å². The van der Waals surface area contributed by atoms with Crippen molar-refractivity contribution in [1.29, 1.82) is 0 Å². The molecular formula is C7H11NO2. The van der Waals surface area contributed by atoms with Crippen LogP contribution in [0.2, 0.25) is 0 Å². The molecule has 0 aromatic heterocycles. The summed E-state index contributed by atoms with van der Waals surface area (Å²) in [5.41, 5.74) is 0. The number of piperidine rings is 1. The van der Waals surface area contributed by atoms with Crippen LogP contribution in [0.1, 0.15) is 6.42 Å². The number of esters is 1. The summed E-state index contributed by atoms with van der Waals surface area (Å²) in [4.78, 5) is 10.9. The maximum Gasteiger partial charge on any atom is 0.310 e. The third-order valence-electron chi connectivity index (χ3n) is 2.37. The molecular weight excluding hydrogens is 130 g/mol. The van der Waals surface area contributed by atoms with E-state index in [1.807, 2.05) is 0 Å². The van der Waals surface area contributed by atoms with Crippen LogP contribution in [0.15, 0.2) is 0 Å². The smallest absolute Gasteiger partial charge is 0.310 e. The fraction of sp³-hybridized carbons (Fsp3) is 0.857. The number of carbonyl (C=O) groups is 1. The van der Waals surface area contributed by atoms with Gasteiger partial charge in [-0.2, -0.15) is 0 Å². The van der Waals surface area contributed by atoms with Gasteiger partial charge in [0.05, 0.1) is 12.5 Å². The molecule has 2 heterocycles. The van der Waals surface area contributed by atoms with Gasteiger partial charge in [-0.15, -0.1) is 0 Å². The molecule has 0 saturated carbocycles. The summed E-state index contributed by atoms with van der Waals surface area (Å²) in [7, 11) is 0. The zero-order valence-electron chi connectivity index (χ0n) is 5.80. The van der Waals surface area contributed by atoms with Gasteiger partial charge in [-0.25, -0.2) is 0 Å². The predicted octanol–water partition coefficient (Wildman–Crippen LogP) is -0.231. The van der Waals surface area contributed by atoms with Crippen molar-refractivity contribution in [2.75, 3.05) is 19.7 Å². The van der Waals surface area contributed by atoms with E-state index >= 15 is 0 Å². The van der Waals surface area contributed by atoms with Crippen LogP contribution in [0.4, 0.5) is 0 Å². The zero-order valence-corrected chi connectivity index (χ0v) is 5.80. The van der Waals surface area contributed by atoms with Crippen molar-refractivity contribution < 1.29 is 9.53 Å². The Morgan fingerprint density at radius 3 is 3.30 bits per heavy atom. The summed E-state index contributed by atoms with van der Waals surface area (Å²) in [6, 6.07) is 0. The number of hydrogen-bond acceptors (Lipinski definition) is 3. The van der Waals surface area contributed by atoms with E-state index in [1.165, 1.54) is 0 Å². The van der Waals surface area contributed by atoms with Crippen LogP contribution in [0.3, 0.4) is 0 Å². The molecule has 0 amide bonds. The lowest BCUT2D eigenvalue weighted by molar-refractivity contribution is -0.141. The maximum absolute atomic E-state index is 10.9. The fourth-order valence-electron chi connectivity index (χ4n) is 1.68. The Morgan fingerprint density at radius 1 is 1.60 bits per heavy atom. The number of cyclic esters (lactones) is 1. The van der Waals surface area contributed by atoms with E-state index in [0.717, 1.165) is 19.5 Å². The molecule has 0 spiro atoms. The average Bonchev–Trinajstić information content (AvgIpc) is 2.34. The Kier molecular flexibility index (Phi) is 1.38. The van der Waals surface area contributed by atoms with Crippen LogP contribution < -0.4 is 5.32 Å². The van der Waals surface area contributed by atoms with Crippen LogP contribution in [0, 0.1) is 11.8 Å². The summed E-state index contributed by atoms with van der Waals surface area (Å²) >= 11 is 0. The van der Waals surface area contributed by atoms with Crippen molar-refractivity contribution in [3.05, 3.63) is 0 Å². The molecule has 0 aromatic rings. The third-order valence-corrected chi connectivity index (χ3v) is 2.37. The SMILES string of the molecule is O=C1OC[C@@H]2CCNC[C@H]12. The van der Waals surface area contributed by atoms with Gasteiger partial charge in [0, 0.05) is 12.5 Å². The Bertz CT molecular complexity index is 158. The minimum Gasteiger partial charge on any atom is -0.465 e. The maximum atomic E-state index is 10.9. The Labute approximate surface area is 59.7 Å². The highest BCUT2D eigenvalue weighted by Gasteiger charge is 2.37. The van der Waals surface area contributed by atoms with Crippen molar-refractivity contribution in [2.24, 2.45) is 11.8 Å². The molecule has 0 radical (unpaired) electrons. The summed E-state index contributed by atoms with van der Waals surface area (Å²) in [6.07, 6.45) is 1.09. The molecule has 1 N–H and O–H groups in total. The monoisotopic (exact) mass is 141 g/mol. The van der Waals surface area contributed by atoms with Gasteiger partial charge < -0.3 is 10.1 Å². The molecule has 0 aliphatic carbocycles. The number of carbonyl (C=O) groups excluding carboxylic acids is 1. The van der Waals surface area contributed by atoms with Gasteiger partial charge in [0.25, 0.3) is 0 Å². The molecule has 0 aromatic carbocycles. The Hall–Kier alpha value is -0.570. The standard InChI is InChI=1S/C7H11NO2/c9-7-6-3-8-2-1-5(6)4-10-7/h5-6,8H,1-4H2/t5-,6-/m0/s1. The quantitative estimate of drug-likeness (QED) is 0.473. The first kappa shape index (κ1) is 6.16. The van der Waals surface area contributed by atoms with Gasteiger partial charge in [-0.3, -0.25) is 4.79 Å². The number of nitrogens with one attached hydrogen (secondary N) is 1. The molecule has 2 atom stereocenters. The van der Waals surface area contributed by atoms with Crippen LogP contribution >= 0.6 is 0 Å². The highest BCUT2D eigenvalue weighted by Crippen LogP contribution is 2.26. The summed E-state index contributed by atoms with van der Waals surface area (Å²) in [5.74, 6) is 0.666. The Balaban J connectivity index is 2.08. The van der Waals surface area contributed by atoms with E-state index in [0.29, 0.717) is 12.5 Å². The first-order valence-electron chi connectivity index (χ1n) is 3.75. The third kappa shape index (κ3) is 0.814. The second-order valence-corrected chi connectivity index (χ2v) is 2.99. The van der Waals surface area contributed by atoms with E-state index in [2.05, 4.69) is 5.32 Å². The largest absolute Gasteiger partial charge is 0.465 e. The van der Waals surface area contributed by atoms with Crippen LogP contribution in [-0.4, -0.2) is 25.7 Å². The fourth-order valence-corrected chi connectivity index (χ4v) is 1.68.